The first-order chi connectivity index (χ1) is 11.9. The van der Waals surface area contributed by atoms with Gasteiger partial charge in [-0.05, 0) is 51.0 Å². The van der Waals surface area contributed by atoms with Crippen molar-refractivity contribution in [2.24, 2.45) is 0 Å². The number of carbonyl (C=O) groups is 1. The number of carbonyl (C=O) groups excluding carboxylic acids is 1. The van der Waals surface area contributed by atoms with Crippen LogP contribution in [0.15, 0.2) is 34.5 Å². The molecule has 134 valence electrons. The molecular formula is C17H21N3O3S2. The molecule has 0 unspecified atom stereocenters. The van der Waals surface area contributed by atoms with Crippen molar-refractivity contribution in [1.82, 2.24) is 9.29 Å². The summed E-state index contributed by atoms with van der Waals surface area (Å²) >= 11 is 1.35. The molecule has 1 fully saturated rings. The molecule has 1 aliphatic heterocycles. The third-order valence-electron chi connectivity index (χ3n) is 4.30. The van der Waals surface area contributed by atoms with E-state index < -0.39 is 10.0 Å². The lowest BCUT2D eigenvalue weighted by Gasteiger charge is -2.32. The summed E-state index contributed by atoms with van der Waals surface area (Å²) in [6, 6.07) is 6.08. The topological polar surface area (TPSA) is 79.4 Å². The van der Waals surface area contributed by atoms with Gasteiger partial charge in [0.25, 0.3) is 5.91 Å². The van der Waals surface area contributed by atoms with Gasteiger partial charge in [-0.15, -0.1) is 11.3 Å². The molecule has 0 spiro atoms. The Bertz CT molecular complexity index is 860. The fourth-order valence-electron chi connectivity index (χ4n) is 2.92. The molecule has 1 saturated heterocycles. The molecule has 0 aliphatic carbocycles. The van der Waals surface area contributed by atoms with Gasteiger partial charge in [0.1, 0.15) is 0 Å². The first-order valence-corrected chi connectivity index (χ1v) is 10.6. The number of amides is 1. The summed E-state index contributed by atoms with van der Waals surface area (Å²) in [6.07, 6.45) is 2.83. The molecule has 2 heterocycles. The van der Waals surface area contributed by atoms with E-state index in [2.05, 4.69) is 10.3 Å². The van der Waals surface area contributed by atoms with Crippen LogP contribution in [-0.4, -0.2) is 36.2 Å². The van der Waals surface area contributed by atoms with Crippen LogP contribution >= 0.6 is 11.3 Å². The molecule has 3 rings (SSSR count). The van der Waals surface area contributed by atoms with Crippen molar-refractivity contribution < 1.29 is 13.2 Å². The molecular weight excluding hydrogens is 358 g/mol. The van der Waals surface area contributed by atoms with Gasteiger partial charge in [0.05, 0.1) is 10.6 Å². The van der Waals surface area contributed by atoms with Crippen molar-refractivity contribution in [3.63, 3.8) is 0 Å². The molecule has 1 atom stereocenters. The number of anilines is 1. The van der Waals surface area contributed by atoms with Crippen LogP contribution in [-0.2, 0) is 10.0 Å². The summed E-state index contributed by atoms with van der Waals surface area (Å²) in [4.78, 5) is 16.6. The van der Waals surface area contributed by atoms with Gasteiger partial charge in [-0.1, -0.05) is 6.42 Å². The number of rotatable bonds is 4. The Balaban J connectivity index is 1.76. The molecule has 0 saturated carbocycles. The van der Waals surface area contributed by atoms with E-state index in [1.165, 1.54) is 35.6 Å². The van der Waals surface area contributed by atoms with Crippen LogP contribution in [0.25, 0.3) is 0 Å². The molecule has 1 aliphatic rings. The molecule has 0 bridgehead atoms. The zero-order valence-electron chi connectivity index (χ0n) is 14.2. The van der Waals surface area contributed by atoms with E-state index in [1.54, 1.807) is 4.31 Å². The third-order valence-corrected chi connectivity index (χ3v) is 7.21. The normalized spacial score (nSPS) is 18.9. The first-order valence-electron chi connectivity index (χ1n) is 8.23. The Hall–Kier alpha value is -1.77. The van der Waals surface area contributed by atoms with Crippen LogP contribution in [0.1, 0.15) is 42.2 Å². The fourth-order valence-corrected chi connectivity index (χ4v) is 5.31. The molecule has 8 heteroatoms. The van der Waals surface area contributed by atoms with E-state index in [-0.39, 0.29) is 16.8 Å². The average molecular weight is 380 g/mol. The van der Waals surface area contributed by atoms with Crippen LogP contribution in [0, 0.1) is 6.92 Å². The Kier molecular flexibility index (Phi) is 5.21. The number of hydrogen-bond acceptors (Lipinski definition) is 5. The summed E-state index contributed by atoms with van der Waals surface area (Å²) in [5.74, 6) is -0.301. The minimum atomic E-state index is -3.52. The van der Waals surface area contributed by atoms with Crippen molar-refractivity contribution in [2.75, 3.05) is 11.9 Å². The van der Waals surface area contributed by atoms with E-state index in [9.17, 15) is 13.2 Å². The van der Waals surface area contributed by atoms with Crippen LogP contribution < -0.4 is 5.32 Å². The molecule has 1 amide bonds. The molecule has 0 radical (unpaired) electrons. The van der Waals surface area contributed by atoms with Gasteiger partial charge >= 0.3 is 0 Å². The summed E-state index contributed by atoms with van der Waals surface area (Å²) in [5, 5.41) is 5.10. The van der Waals surface area contributed by atoms with Gasteiger partial charge in [-0.3, -0.25) is 10.1 Å². The van der Waals surface area contributed by atoms with Gasteiger partial charge in [0.2, 0.25) is 10.0 Å². The molecule has 25 heavy (non-hydrogen) atoms. The molecule has 1 N–H and O–H groups in total. The highest BCUT2D eigenvalue weighted by Crippen LogP contribution is 2.25. The lowest BCUT2D eigenvalue weighted by atomic mass is 10.1. The van der Waals surface area contributed by atoms with Gasteiger partial charge in [0, 0.05) is 23.5 Å². The second kappa shape index (κ2) is 7.23. The predicted octanol–water partition coefficient (Wildman–Crippen LogP) is 3.27. The largest absolute Gasteiger partial charge is 0.298 e. The summed E-state index contributed by atoms with van der Waals surface area (Å²) in [5.41, 5.74) is 1.25. The van der Waals surface area contributed by atoms with Crippen molar-refractivity contribution in [2.45, 2.75) is 44.0 Å². The summed E-state index contributed by atoms with van der Waals surface area (Å²) < 4.78 is 27.1. The van der Waals surface area contributed by atoms with E-state index in [1.807, 2.05) is 19.2 Å². The molecule has 1 aromatic carbocycles. The van der Waals surface area contributed by atoms with E-state index in [4.69, 9.17) is 0 Å². The number of benzene rings is 1. The maximum absolute atomic E-state index is 12.8. The van der Waals surface area contributed by atoms with E-state index >= 15 is 0 Å². The van der Waals surface area contributed by atoms with Gasteiger partial charge in [-0.2, -0.15) is 4.31 Å². The van der Waals surface area contributed by atoms with Crippen molar-refractivity contribution >= 4 is 32.4 Å². The minimum absolute atomic E-state index is 0.00914. The summed E-state index contributed by atoms with van der Waals surface area (Å²) in [7, 11) is -3.52. The minimum Gasteiger partial charge on any atom is -0.298 e. The fraction of sp³-hybridized carbons (Fsp3) is 0.412. The highest BCUT2D eigenvalue weighted by molar-refractivity contribution is 7.89. The van der Waals surface area contributed by atoms with Gasteiger partial charge < -0.3 is 0 Å². The predicted molar refractivity (Wildman–Crippen MR) is 98.5 cm³/mol. The number of nitrogens with one attached hydrogen (secondary N) is 1. The lowest BCUT2D eigenvalue weighted by molar-refractivity contribution is 0.102. The maximum Gasteiger partial charge on any atom is 0.257 e. The molecule has 2 aromatic rings. The van der Waals surface area contributed by atoms with E-state index in [0.29, 0.717) is 17.2 Å². The molecule has 6 nitrogen and oxygen atoms in total. The number of piperidine rings is 1. The third kappa shape index (κ3) is 3.91. The van der Waals surface area contributed by atoms with Gasteiger partial charge in [0.15, 0.2) is 5.13 Å². The standard InChI is InChI=1S/C17H21N3O3S2/c1-12-11-24-17(18-12)19-16(21)14-6-8-15(9-7-14)25(22,23)20-10-4-3-5-13(20)2/h6-9,11,13H,3-5,10H2,1-2H3,(H,18,19,21)/t13-/m0/s1. The van der Waals surface area contributed by atoms with Crippen molar-refractivity contribution in [3.05, 3.63) is 40.9 Å². The van der Waals surface area contributed by atoms with Crippen molar-refractivity contribution in [3.8, 4) is 0 Å². The second-order valence-electron chi connectivity index (χ2n) is 6.23. The Morgan fingerprint density at radius 2 is 2.00 bits per heavy atom. The number of thiazole rings is 1. The number of sulfonamides is 1. The number of aromatic nitrogens is 1. The van der Waals surface area contributed by atoms with E-state index in [0.717, 1.165) is 25.0 Å². The first kappa shape index (κ1) is 18.0. The Morgan fingerprint density at radius 3 is 2.60 bits per heavy atom. The lowest BCUT2D eigenvalue weighted by Crippen LogP contribution is -2.41. The molecule has 1 aromatic heterocycles. The maximum atomic E-state index is 12.8. The van der Waals surface area contributed by atoms with Crippen LogP contribution in [0.2, 0.25) is 0 Å². The Morgan fingerprint density at radius 1 is 1.28 bits per heavy atom. The quantitative estimate of drug-likeness (QED) is 0.884. The van der Waals surface area contributed by atoms with Gasteiger partial charge in [-0.25, -0.2) is 13.4 Å². The summed E-state index contributed by atoms with van der Waals surface area (Å²) in [6.45, 7) is 4.34. The SMILES string of the molecule is Cc1csc(NC(=O)c2ccc(S(=O)(=O)N3CCCC[C@@H]3C)cc2)n1. The smallest absolute Gasteiger partial charge is 0.257 e. The Labute approximate surface area is 151 Å². The number of aryl methyl sites for hydroxylation is 1. The number of hydrogen-bond donors (Lipinski definition) is 1. The highest BCUT2D eigenvalue weighted by Gasteiger charge is 2.30. The monoisotopic (exact) mass is 379 g/mol. The van der Waals surface area contributed by atoms with Crippen LogP contribution in [0.4, 0.5) is 5.13 Å². The zero-order chi connectivity index (χ0) is 18.0. The van der Waals surface area contributed by atoms with Crippen LogP contribution in [0.3, 0.4) is 0 Å². The number of nitrogens with zero attached hydrogens (tertiary/aromatic N) is 2. The van der Waals surface area contributed by atoms with Crippen LogP contribution in [0.5, 0.6) is 0 Å². The highest BCUT2D eigenvalue weighted by atomic mass is 32.2. The van der Waals surface area contributed by atoms with Crippen molar-refractivity contribution in [1.29, 1.82) is 0 Å². The average Bonchev–Trinajstić information content (AvgIpc) is 3.00. The zero-order valence-corrected chi connectivity index (χ0v) is 15.9. The second-order valence-corrected chi connectivity index (χ2v) is 8.98.